The van der Waals surface area contributed by atoms with E-state index in [0.717, 1.165) is 31.5 Å². The number of carbonyl (C=O) groups is 1. The first-order valence-electron chi connectivity index (χ1n) is 11.4. The molecule has 0 spiro atoms. The molecule has 2 fully saturated rings. The Morgan fingerprint density at radius 1 is 0.969 bits per heavy atom. The van der Waals surface area contributed by atoms with Crippen molar-refractivity contribution in [2.75, 3.05) is 45.8 Å². The minimum Gasteiger partial charge on any atom is -0.388 e. The van der Waals surface area contributed by atoms with E-state index in [2.05, 4.69) is 9.80 Å². The second kappa shape index (κ2) is 10.8. The summed E-state index contributed by atoms with van der Waals surface area (Å²) >= 11 is 6.15. The van der Waals surface area contributed by atoms with Crippen LogP contribution in [0.4, 0.5) is 4.39 Å². The molecule has 1 N–H and O–H groups in total. The summed E-state index contributed by atoms with van der Waals surface area (Å²) in [4.78, 5) is 19.1. The molecule has 1 unspecified atom stereocenters. The van der Waals surface area contributed by atoms with Crippen molar-refractivity contribution in [1.29, 1.82) is 0 Å². The third-order valence-electron chi connectivity index (χ3n) is 6.75. The Balaban J connectivity index is 1.20. The van der Waals surface area contributed by atoms with Crippen LogP contribution in [-0.2, 0) is 11.3 Å². The van der Waals surface area contributed by atoms with E-state index in [9.17, 15) is 14.3 Å². The Hall–Kier alpha value is -1.99. The third-order valence-corrected chi connectivity index (χ3v) is 7.10. The van der Waals surface area contributed by atoms with Gasteiger partial charge < -0.3 is 10.0 Å². The molecule has 2 heterocycles. The third kappa shape index (κ3) is 5.67. The summed E-state index contributed by atoms with van der Waals surface area (Å²) in [5.74, 6) is 0.102. The van der Waals surface area contributed by atoms with Crippen LogP contribution in [0.1, 0.15) is 30.1 Å². The lowest BCUT2D eigenvalue weighted by atomic mass is 9.87. The van der Waals surface area contributed by atoms with Crippen molar-refractivity contribution < 1.29 is 14.3 Å². The number of amides is 1. The highest BCUT2D eigenvalue weighted by atomic mass is 35.5. The molecule has 0 aromatic heterocycles. The van der Waals surface area contributed by atoms with Gasteiger partial charge in [-0.25, -0.2) is 4.39 Å². The molecule has 2 aliphatic heterocycles. The van der Waals surface area contributed by atoms with Crippen LogP contribution in [0.5, 0.6) is 0 Å². The lowest BCUT2D eigenvalue weighted by Gasteiger charge is -2.38. The molecule has 2 aromatic rings. The van der Waals surface area contributed by atoms with Crippen LogP contribution in [-0.4, -0.2) is 71.5 Å². The number of likely N-dealkylation sites (tertiary alicyclic amines) is 1. The summed E-state index contributed by atoms with van der Waals surface area (Å²) in [5, 5.41) is 11.1. The van der Waals surface area contributed by atoms with Crippen LogP contribution < -0.4 is 0 Å². The smallest absolute Gasteiger partial charge is 0.236 e. The largest absolute Gasteiger partial charge is 0.388 e. The first-order valence-corrected chi connectivity index (χ1v) is 11.8. The fourth-order valence-electron chi connectivity index (χ4n) is 4.70. The molecule has 32 heavy (non-hydrogen) atoms. The van der Waals surface area contributed by atoms with Crippen molar-refractivity contribution in [2.24, 2.45) is 5.92 Å². The van der Waals surface area contributed by atoms with Crippen LogP contribution in [0.15, 0.2) is 48.5 Å². The summed E-state index contributed by atoms with van der Waals surface area (Å²) in [6.45, 7) is 5.25. The van der Waals surface area contributed by atoms with Crippen molar-refractivity contribution in [2.45, 2.75) is 25.5 Å². The molecule has 4 rings (SSSR count). The molecule has 1 atom stereocenters. The average molecular weight is 460 g/mol. The molecule has 2 aromatic carbocycles. The maximum Gasteiger partial charge on any atom is 0.236 e. The van der Waals surface area contributed by atoms with Gasteiger partial charge in [0.05, 0.1) is 12.6 Å². The number of piperidine rings is 1. The van der Waals surface area contributed by atoms with Crippen LogP contribution in [0.3, 0.4) is 0 Å². The van der Waals surface area contributed by atoms with Crippen LogP contribution in [0.25, 0.3) is 0 Å². The first kappa shape index (κ1) is 23.2. The molecule has 1 amide bonds. The molecule has 0 saturated carbocycles. The highest BCUT2D eigenvalue weighted by molar-refractivity contribution is 6.31. The fourth-order valence-corrected chi connectivity index (χ4v) is 4.93. The molecular formula is C25H31ClFN3O2. The van der Waals surface area contributed by atoms with Gasteiger partial charge in [-0.2, -0.15) is 0 Å². The number of aliphatic hydroxyl groups excluding tert-OH is 1. The average Bonchev–Trinajstić information content (AvgIpc) is 2.82. The molecule has 2 aliphatic rings. The zero-order valence-electron chi connectivity index (χ0n) is 18.3. The monoisotopic (exact) mass is 459 g/mol. The van der Waals surface area contributed by atoms with Gasteiger partial charge >= 0.3 is 0 Å². The van der Waals surface area contributed by atoms with Gasteiger partial charge in [-0.05, 0) is 49.5 Å². The van der Waals surface area contributed by atoms with Gasteiger partial charge in [0.25, 0.3) is 0 Å². The van der Waals surface area contributed by atoms with Gasteiger partial charge in [0.1, 0.15) is 5.82 Å². The number of rotatable bonds is 6. The summed E-state index contributed by atoms with van der Waals surface area (Å²) < 4.78 is 14.0. The van der Waals surface area contributed by atoms with Crippen molar-refractivity contribution >= 4 is 17.5 Å². The molecule has 2 saturated heterocycles. The van der Waals surface area contributed by atoms with Gasteiger partial charge in [-0.1, -0.05) is 48.0 Å². The number of hydrogen-bond acceptors (Lipinski definition) is 4. The molecule has 7 heteroatoms. The zero-order valence-corrected chi connectivity index (χ0v) is 19.1. The molecular weight excluding hydrogens is 429 g/mol. The van der Waals surface area contributed by atoms with Crippen LogP contribution in [0, 0.1) is 11.7 Å². The summed E-state index contributed by atoms with van der Waals surface area (Å²) in [6.07, 6.45) is 1.34. The predicted molar refractivity (Wildman–Crippen MR) is 124 cm³/mol. The van der Waals surface area contributed by atoms with Gasteiger partial charge in [0.2, 0.25) is 5.91 Å². The Kier molecular flexibility index (Phi) is 7.79. The number of nitrogens with zero attached hydrogens (tertiary/aromatic N) is 3. The zero-order chi connectivity index (χ0) is 22.5. The first-order chi connectivity index (χ1) is 15.5. The van der Waals surface area contributed by atoms with E-state index < -0.39 is 6.10 Å². The molecule has 0 bridgehead atoms. The minimum atomic E-state index is -0.440. The maximum absolute atomic E-state index is 14.0. The number of halogens is 2. The van der Waals surface area contributed by atoms with E-state index in [-0.39, 0.29) is 17.6 Å². The van der Waals surface area contributed by atoms with Crippen molar-refractivity contribution in [1.82, 2.24) is 14.7 Å². The van der Waals surface area contributed by atoms with E-state index in [1.54, 1.807) is 12.1 Å². The second-order valence-corrected chi connectivity index (χ2v) is 9.23. The number of aliphatic hydroxyl groups is 1. The minimum absolute atomic E-state index is 0.149. The lowest BCUT2D eigenvalue weighted by Crippen LogP contribution is -2.51. The van der Waals surface area contributed by atoms with Gasteiger partial charge in [-0.15, -0.1) is 0 Å². The number of benzene rings is 2. The van der Waals surface area contributed by atoms with Gasteiger partial charge in [-0.3, -0.25) is 14.6 Å². The van der Waals surface area contributed by atoms with Crippen molar-refractivity contribution in [3.63, 3.8) is 0 Å². The standard InChI is InChI=1S/C25H31ClFN3O2/c26-22-7-4-8-23(27)21(22)17-29-13-15-30(16-14-29)24(31)18-28-11-9-20(10-12-28)25(32)19-5-2-1-3-6-19/h1-8,20,25,32H,9-18H2. The van der Waals surface area contributed by atoms with E-state index in [1.165, 1.54) is 6.07 Å². The number of hydrogen-bond donors (Lipinski definition) is 1. The van der Waals surface area contributed by atoms with E-state index in [4.69, 9.17) is 11.6 Å². The fraction of sp³-hybridized carbons (Fsp3) is 0.480. The Morgan fingerprint density at radius 3 is 2.31 bits per heavy atom. The van der Waals surface area contributed by atoms with E-state index in [0.29, 0.717) is 49.9 Å². The van der Waals surface area contributed by atoms with Gasteiger partial charge in [0, 0.05) is 43.3 Å². The Labute approximate surface area is 194 Å². The predicted octanol–water partition coefficient (Wildman–Crippen LogP) is 3.57. The highest BCUT2D eigenvalue weighted by Gasteiger charge is 2.29. The SMILES string of the molecule is O=C(CN1CCC(C(O)c2ccccc2)CC1)N1CCN(Cc2c(F)cccc2Cl)CC1. The maximum atomic E-state index is 14.0. The molecule has 5 nitrogen and oxygen atoms in total. The second-order valence-electron chi connectivity index (χ2n) is 8.83. The summed E-state index contributed by atoms with van der Waals surface area (Å²) in [7, 11) is 0. The summed E-state index contributed by atoms with van der Waals surface area (Å²) in [5.41, 5.74) is 1.49. The normalized spacial score (nSPS) is 19.8. The highest BCUT2D eigenvalue weighted by Crippen LogP contribution is 2.30. The molecule has 0 aliphatic carbocycles. The quantitative estimate of drug-likeness (QED) is 0.717. The van der Waals surface area contributed by atoms with Crippen molar-refractivity contribution in [3.8, 4) is 0 Å². The number of carbonyl (C=O) groups excluding carboxylic acids is 1. The van der Waals surface area contributed by atoms with Gasteiger partial charge in [0.15, 0.2) is 0 Å². The topological polar surface area (TPSA) is 47.0 Å². The van der Waals surface area contributed by atoms with Crippen molar-refractivity contribution in [3.05, 3.63) is 70.5 Å². The van der Waals surface area contributed by atoms with E-state index in [1.807, 2.05) is 35.2 Å². The van der Waals surface area contributed by atoms with Crippen LogP contribution in [0.2, 0.25) is 5.02 Å². The molecule has 0 radical (unpaired) electrons. The number of piperazine rings is 1. The van der Waals surface area contributed by atoms with E-state index >= 15 is 0 Å². The Bertz CT molecular complexity index is 877. The lowest BCUT2D eigenvalue weighted by molar-refractivity contribution is -0.134. The molecule has 172 valence electrons. The Morgan fingerprint density at radius 2 is 1.66 bits per heavy atom. The van der Waals surface area contributed by atoms with Crippen LogP contribution >= 0.6 is 11.6 Å². The summed E-state index contributed by atoms with van der Waals surface area (Å²) in [6, 6.07) is 14.6.